The van der Waals surface area contributed by atoms with Gasteiger partial charge in [0.2, 0.25) is 0 Å². The smallest absolute Gasteiger partial charge is 0.354 e. The van der Waals surface area contributed by atoms with Gasteiger partial charge in [-0.15, -0.1) is 0 Å². The Bertz CT molecular complexity index is 1930. The van der Waals surface area contributed by atoms with E-state index in [1.54, 1.807) is 12.3 Å². The number of pyridine rings is 2. The van der Waals surface area contributed by atoms with Crippen molar-refractivity contribution in [1.29, 1.82) is 10.5 Å². The van der Waals surface area contributed by atoms with Crippen LogP contribution in [0.15, 0.2) is 35.7 Å². The summed E-state index contributed by atoms with van der Waals surface area (Å²) in [6, 6.07) is 7.35. The second-order valence-electron chi connectivity index (χ2n) is 13.9. The lowest BCUT2D eigenvalue weighted by atomic mass is 9.86. The average molecular weight is 711 g/mol. The Morgan fingerprint density at radius 1 is 0.731 bits per heavy atom. The van der Waals surface area contributed by atoms with Crippen LogP contribution >= 0.6 is 0 Å². The van der Waals surface area contributed by atoms with E-state index in [2.05, 4.69) is 25.8 Å². The number of ketones is 2. The number of carboxylic acids is 1. The SMILES string of the molecule is N#CC1=C(N2CCC3(CC2)CC3)c2cc(C(=O)O)ncc2CC1=O.N#CC1=C(N2CCC3(CC2)CC3)c2cc(C=O)ncc2CC1=O.O=CO.OO. The second kappa shape index (κ2) is 15.6. The maximum Gasteiger partial charge on any atom is 0.354 e. The molecule has 2 spiro atoms. The number of nitriles is 2. The molecule has 0 atom stereocenters. The van der Waals surface area contributed by atoms with Crippen molar-refractivity contribution >= 4 is 41.7 Å². The lowest BCUT2D eigenvalue weighted by Gasteiger charge is -2.37. The normalized spacial score (nSPS) is 19.9. The van der Waals surface area contributed by atoms with Gasteiger partial charge in [0.15, 0.2) is 17.9 Å². The van der Waals surface area contributed by atoms with Gasteiger partial charge in [-0.1, -0.05) is 0 Å². The summed E-state index contributed by atoms with van der Waals surface area (Å²) in [6.45, 7) is 3.09. The third-order valence-corrected chi connectivity index (χ3v) is 11.0. The maximum atomic E-state index is 12.3. The van der Waals surface area contributed by atoms with Crippen LogP contribution in [0.25, 0.3) is 11.4 Å². The van der Waals surface area contributed by atoms with Crippen LogP contribution in [-0.4, -0.2) is 97.0 Å². The first kappa shape index (κ1) is 37.5. The van der Waals surface area contributed by atoms with E-state index in [0.717, 1.165) is 63.0 Å². The number of allylic oxidation sites excluding steroid dienone is 2. The fraction of sp³-hybridized carbons (Fsp3) is 0.432. The summed E-state index contributed by atoms with van der Waals surface area (Å²) in [5, 5.41) is 47.1. The first-order valence-electron chi connectivity index (χ1n) is 16.9. The molecule has 0 unspecified atom stereocenters. The van der Waals surface area contributed by atoms with Crippen molar-refractivity contribution in [3.05, 3.63) is 69.3 Å². The van der Waals surface area contributed by atoms with Crippen LogP contribution in [0.1, 0.15) is 94.6 Å². The minimum absolute atomic E-state index is 0.0615. The van der Waals surface area contributed by atoms with Gasteiger partial charge < -0.3 is 20.0 Å². The highest BCUT2D eigenvalue weighted by molar-refractivity contribution is 6.11. The fourth-order valence-electron chi connectivity index (χ4n) is 7.59. The molecule has 15 heteroatoms. The number of Topliss-reactive ketones (excluding diaryl/α,β-unsaturated/α-hetero) is 2. The molecule has 2 aliphatic heterocycles. The number of hydrogen-bond donors (Lipinski definition) is 4. The zero-order valence-corrected chi connectivity index (χ0v) is 28.4. The van der Waals surface area contributed by atoms with E-state index < -0.39 is 5.97 Å². The summed E-state index contributed by atoms with van der Waals surface area (Å²) < 4.78 is 0. The van der Waals surface area contributed by atoms with Crippen molar-refractivity contribution in [2.75, 3.05) is 26.2 Å². The molecule has 270 valence electrons. The van der Waals surface area contributed by atoms with Gasteiger partial charge in [-0.05, 0) is 85.5 Å². The lowest BCUT2D eigenvalue weighted by molar-refractivity contribution is -0.176. The van der Waals surface area contributed by atoms with Crippen LogP contribution in [0.3, 0.4) is 0 Å². The topological polar surface area (TPSA) is 246 Å². The third-order valence-electron chi connectivity index (χ3n) is 11.0. The zero-order valence-electron chi connectivity index (χ0n) is 28.4. The van der Waals surface area contributed by atoms with Gasteiger partial charge in [0.25, 0.3) is 6.47 Å². The molecule has 0 amide bonds. The Balaban J connectivity index is 0.000000179. The molecule has 4 aliphatic carbocycles. The van der Waals surface area contributed by atoms with Crippen LogP contribution in [-0.2, 0) is 27.2 Å². The molecule has 2 aromatic rings. The molecular formula is C37H38N6O9. The Labute approximate surface area is 299 Å². The van der Waals surface area contributed by atoms with Crippen LogP contribution in [0.5, 0.6) is 0 Å². The van der Waals surface area contributed by atoms with Gasteiger partial charge in [-0.3, -0.25) is 34.7 Å². The van der Waals surface area contributed by atoms with Crippen LogP contribution in [0.4, 0.5) is 0 Å². The van der Waals surface area contributed by atoms with Gasteiger partial charge >= 0.3 is 5.97 Å². The quantitative estimate of drug-likeness (QED) is 0.200. The number of aldehydes is 1. The summed E-state index contributed by atoms with van der Waals surface area (Å²) in [4.78, 5) is 67.6. The fourth-order valence-corrected chi connectivity index (χ4v) is 7.59. The van der Waals surface area contributed by atoms with Crippen molar-refractivity contribution in [3.63, 3.8) is 0 Å². The summed E-state index contributed by atoms with van der Waals surface area (Å²) in [5.74, 6) is -1.47. The number of piperidine rings is 2. The van der Waals surface area contributed by atoms with E-state index in [1.807, 2.05) is 6.07 Å². The standard InChI is InChI=1S/C18H17N3O3.C18H17N3O2.CH2O2.H2O2/c19-9-13-15(22)7-11-10-20-14(17(23)24)8-12(11)16(13)21-5-3-18(1-2-18)4-6-21;19-9-15-16(23)7-12-10-20-13(11-22)8-14(12)17(15)21-5-3-18(1-2-18)4-6-21;2-1-3;1-2/h8,10H,1-7H2,(H,23,24);8,10-11H,1-7H2;1H,(H,2,3);1-2H. The number of aromatic nitrogens is 2. The first-order valence-corrected chi connectivity index (χ1v) is 16.9. The molecule has 6 aliphatic rings. The zero-order chi connectivity index (χ0) is 37.6. The number of carboxylic acid groups (broad SMARTS) is 2. The van der Waals surface area contributed by atoms with Crippen molar-refractivity contribution in [3.8, 4) is 12.1 Å². The molecule has 2 saturated heterocycles. The van der Waals surface area contributed by atoms with E-state index in [1.165, 1.54) is 37.9 Å². The third kappa shape index (κ3) is 7.61. The highest BCUT2D eigenvalue weighted by Crippen LogP contribution is 2.55. The number of aromatic carboxylic acids is 1. The molecule has 8 rings (SSSR count). The minimum Gasteiger partial charge on any atom is -0.483 e. The van der Waals surface area contributed by atoms with Gasteiger partial charge in [0.1, 0.15) is 34.7 Å². The van der Waals surface area contributed by atoms with Crippen molar-refractivity contribution in [2.24, 2.45) is 10.8 Å². The molecule has 52 heavy (non-hydrogen) atoms. The summed E-state index contributed by atoms with van der Waals surface area (Å²) in [6.07, 6.45) is 13.6. The number of rotatable bonds is 4. The van der Waals surface area contributed by atoms with Crippen LogP contribution in [0, 0.1) is 33.5 Å². The largest absolute Gasteiger partial charge is 0.483 e. The molecule has 0 bridgehead atoms. The van der Waals surface area contributed by atoms with Gasteiger partial charge in [-0.2, -0.15) is 10.5 Å². The monoisotopic (exact) mass is 710 g/mol. The average Bonchev–Trinajstić information content (AvgIpc) is 4.10. The molecule has 0 aromatic carbocycles. The highest BCUT2D eigenvalue weighted by Gasteiger charge is 2.46. The number of fused-ring (bicyclic) bond motifs is 2. The van der Waals surface area contributed by atoms with Gasteiger partial charge in [-0.25, -0.2) is 9.78 Å². The number of carbonyl (C=O) groups is 5. The molecular weight excluding hydrogens is 672 g/mol. The van der Waals surface area contributed by atoms with E-state index in [9.17, 15) is 34.8 Å². The van der Waals surface area contributed by atoms with Crippen LogP contribution < -0.4 is 0 Å². The Morgan fingerprint density at radius 3 is 1.50 bits per heavy atom. The second-order valence-corrected chi connectivity index (χ2v) is 13.9. The summed E-state index contributed by atoms with van der Waals surface area (Å²) in [7, 11) is 0. The first-order chi connectivity index (χ1) is 25.1. The molecule has 2 aromatic heterocycles. The summed E-state index contributed by atoms with van der Waals surface area (Å²) in [5.41, 5.74) is 5.97. The maximum absolute atomic E-state index is 12.3. The van der Waals surface area contributed by atoms with Crippen molar-refractivity contribution in [1.82, 2.24) is 19.8 Å². The summed E-state index contributed by atoms with van der Waals surface area (Å²) >= 11 is 0. The molecule has 4 fully saturated rings. The van der Waals surface area contributed by atoms with Crippen LogP contribution in [0.2, 0.25) is 0 Å². The number of carbonyl (C=O) groups excluding carboxylic acids is 3. The molecule has 0 radical (unpaired) electrons. The predicted molar refractivity (Wildman–Crippen MR) is 182 cm³/mol. The Kier molecular flexibility index (Phi) is 11.3. The van der Waals surface area contributed by atoms with E-state index in [0.29, 0.717) is 45.3 Å². The highest BCUT2D eigenvalue weighted by atomic mass is 17.0. The van der Waals surface area contributed by atoms with Crippen molar-refractivity contribution in [2.45, 2.75) is 64.2 Å². The molecule has 2 saturated carbocycles. The lowest BCUT2D eigenvalue weighted by Crippen LogP contribution is -2.36. The Hall–Kier alpha value is -5.77. The predicted octanol–water partition coefficient (Wildman–Crippen LogP) is 3.86. The minimum atomic E-state index is -1.11. The van der Waals surface area contributed by atoms with Crippen molar-refractivity contribution < 1.29 is 44.7 Å². The van der Waals surface area contributed by atoms with E-state index >= 15 is 0 Å². The molecule has 4 heterocycles. The van der Waals surface area contributed by atoms with Gasteiger partial charge in [0, 0.05) is 62.5 Å². The van der Waals surface area contributed by atoms with Gasteiger partial charge in [0.05, 0.1) is 11.4 Å². The van der Waals surface area contributed by atoms with E-state index in [-0.39, 0.29) is 47.7 Å². The number of nitrogens with zero attached hydrogens (tertiary/aromatic N) is 6. The molecule has 15 nitrogen and oxygen atoms in total. The molecule has 4 N–H and O–H groups in total. The van der Waals surface area contributed by atoms with E-state index in [4.69, 9.17) is 20.4 Å². The Morgan fingerprint density at radius 2 is 1.13 bits per heavy atom. The number of likely N-dealkylation sites (tertiary alicyclic amines) is 2. The number of hydrogen-bond acceptors (Lipinski definition) is 13.